The monoisotopic (exact) mass is 479 g/mol. The van der Waals surface area contributed by atoms with Crippen LogP contribution in [0.15, 0.2) is 48.6 Å². The Kier molecular flexibility index (Phi) is 6.36. The third kappa shape index (κ3) is 4.26. The molecule has 2 bridgehead atoms. The number of benzene rings is 2. The predicted molar refractivity (Wildman–Crippen MR) is 126 cm³/mol. The molecule has 182 valence electrons. The maximum atomic E-state index is 13.7. The van der Waals surface area contributed by atoms with Crippen LogP contribution in [0.25, 0.3) is 12.2 Å². The first-order chi connectivity index (χ1) is 16.6. The van der Waals surface area contributed by atoms with Gasteiger partial charge in [0.05, 0.1) is 0 Å². The van der Waals surface area contributed by atoms with Gasteiger partial charge in [-0.3, -0.25) is 19.3 Å². The number of carboxylic acids is 1. The second-order valence-electron chi connectivity index (χ2n) is 8.81. The normalized spacial score (nSPS) is 23.0. The molecule has 9 heteroatoms. The van der Waals surface area contributed by atoms with E-state index in [1.807, 2.05) is 0 Å². The number of phenolic OH excluding ortho intramolecular Hbond substituents is 4. The van der Waals surface area contributed by atoms with Gasteiger partial charge >= 0.3 is 5.97 Å². The van der Waals surface area contributed by atoms with Gasteiger partial charge in [0.1, 0.15) is 11.5 Å². The fraction of sp³-hybridized carbons (Fsp3) is 0.269. The van der Waals surface area contributed by atoms with Gasteiger partial charge in [-0.2, -0.15) is 0 Å². The molecule has 3 fully saturated rings. The van der Waals surface area contributed by atoms with E-state index < -0.39 is 34.9 Å². The highest BCUT2D eigenvalue weighted by Gasteiger charge is 2.63. The van der Waals surface area contributed by atoms with Crippen LogP contribution in [0.2, 0.25) is 0 Å². The van der Waals surface area contributed by atoms with E-state index >= 15 is 0 Å². The van der Waals surface area contributed by atoms with Gasteiger partial charge in [-0.25, -0.2) is 0 Å². The summed E-state index contributed by atoms with van der Waals surface area (Å²) >= 11 is 0. The molecule has 0 amide bonds. The zero-order valence-electron chi connectivity index (χ0n) is 18.7. The van der Waals surface area contributed by atoms with Crippen LogP contribution in [-0.4, -0.2) is 67.1 Å². The molecule has 1 atom stereocenters. The maximum Gasteiger partial charge on any atom is 0.322 e. The van der Waals surface area contributed by atoms with Crippen LogP contribution < -0.4 is 0 Å². The molecular weight excluding hydrogens is 454 g/mol. The number of carboxylic acid groups (broad SMARTS) is 1. The van der Waals surface area contributed by atoms with Gasteiger partial charge in [0.2, 0.25) is 0 Å². The summed E-state index contributed by atoms with van der Waals surface area (Å²) in [7, 11) is 0. The summed E-state index contributed by atoms with van der Waals surface area (Å²) in [6, 6.07) is 6.60. The molecule has 3 aliphatic heterocycles. The molecule has 3 aliphatic rings. The third-order valence-electron chi connectivity index (χ3n) is 6.87. The lowest BCUT2D eigenvalue weighted by Crippen LogP contribution is -2.69. The molecule has 3 heterocycles. The van der Waals surface area contributed by atoms with E-state index in [2.05, 4.69) is 0 Å². The van der Waals surface area contributed by atoms with Gasteiger partial charge in [0.15, 0.2) is 34.6 Å². The second kappa shape index (κ2) is 9.27. The molecule has 0 radical (unpaired) electrons. The quantitative estimate of drug-likeness (QED) is 0.229. The lowest BCUT2D eigenvalue weighted by molar-refractivity contribution is -0.173. The van der Waals surface area contributed by atoms with E-state index in [0.29, 0.717) is 37.1 Å². The number of aliphatic carboxylic acids is 1. The first-order valence-corrected chi connectivity index (χ1v) is 11.1. The molecule has 35 heavy (non-hydrogen) atoms. The molecule has 1 unspecified atom stereocenters. The number of ketones is 2. The van der Waals surface area contributed by atoms with E-state index in [1.165, 1.54) is 48.6 Å². The fourth-order valence-corrected chi connectivity index (χ4v) is 5.18. The van der Waals surface area contributed by atoms with Gasteiger partial charge in [-0.05, 0) is 79.4 Å². The molecule has 0 aromatic heterocycles. The van der Waals surface area contributed by atoms with Crippen LogP contribution in [-0.2, 0) is 14.4 Å². The van der Waals surface area contributed by atoms with Crippen LogP contribution in [0, 0.1) is 11.3 Å². The van der Waals surface area contributed by atoms with Crippen LogP contribution in [0.3, 0.4) is 0 Å². The van der Waals surface area contributed by atoms with Gasteiger partial charge in [-0.1, -0.05) is 24.3 Å². The summed E-state index contributed by atoms with van der Waals surface area (Å²) in [5, 5.41) is 48.5. The first-order valence-electron chi connectivity index (χ1n) is 11.1. The molecule has 3 saturated heterocycles. The number of rotatable bonds is 7. The van der Waals surface area contributed by atoms with E-state index in [-0.39, 0.29) is 23.0 Å². The molecule has 2 aromatic rings. The minimum Gasteiger partial charge on any atom is -0.504 e. The van der Waals surface area contributed by atoms with Crippen molar-refractivity contribution in [1.29, 1.82) is 0 Å². The molecule has 9 nitrogen and oxygen atoms in total. The first kappa shape index (κ1) is 24.0. The summed E-state index contributed by atoms with van der Waals surface area (Å²) in [4.78, 5) is 41.4. The number of nitrogens with zero attached hydrogens (tertiary/aromatic N) is 1. The van der Waals surface area contributed by atoms with Crippen molar-refractivity contribution < 1.29 is 39.9 Å². The van der Waals surface area contributed by atoms with Crippen molar-refractivity contribution in [3.63, 3.8) is 0 Å². The zero-order valence-corrected chi connectivity index (χ0v) is 18.7. The smallest absolute Gasteiger partial charge is 0.322 e. The van der Waals surface area contributed by atoms with Crippen molar-refractivity contribution >= 4 is 29.7 Å². The third-order valence-corrected chi connectivity index (χ3v) is 6.87. The number of carbonyl (C=O) groups is 3. The maximum absolute atomic E-state index is 13.7. The largest absolute Gasteiger partial charge is 0.504 e. The SMILES string of the molecule is O=C(O)C1N2CCC(CC2)C1(C(=O)/C=C/c1ccc(O)c(O)c1)C(=O)/C=C/c1ccc(O)c(O)c1. The van der Waals surface area contributed by atoms with Crippen molar-refractivity contribution in [2.24, 2.45) is 11.3 Å². The standard InChI is InChI=1S/C26H25NO8/c28-18-5-1-15(13-20(18)30)3-7-22(32)26(17-9-11-27(12-10-17)24(26)25(34)35)23(33)8-4-16-2-6-19(29)21(31)14-16/h1-8,13-14,17,24,28-31H,9-12H2,(H,34,35)/b7-3+,8-4+. The Morgan fingerprint density at radius 1 is 0.771 bits per heavy atom. The Balaban J connectivity index is 1.75. The van der Waals surface area contributed by atoms with Gasteiger partial charge < -0.3 is 25.5 Å². The number of allylic oxidation sites excluding steroid dienone is 2. The summed E-state index contributed by atoms with van der Waals surface area (Å²) in [5.74, 6) is -4.46. The minimum absolute atomic E-state index is 0.325. The predicted octanol–water partition coefficient (Wildman–Crippen LogP) is 2.54. The van der Waals surface area contributed by atoms with Crippen molar-refractivity contribution in [3.8, 4) is 23.0 Å². The molecule has 2 aromatic carbocycles. The fourth-order valence-electron chi connectivity index (χ4n) is 5.18. The van der Waals surface area contributed by atoms with Crippen molar-refractivity contribution in [1.82, 2.24) is 4.90 Å². The van der Waals surface area contributed by atoms with Crippen LogP contribution in [0.4, 0.5) is 0 Å². The van der Waals surface area contributed by atoms with Gasteiger partial charge in [0, 0.05) is 0 Å². The number of aromatic hydroxyl groups is 4. The van der Waals surface area contributed by atoms with Crippen molar-refractivity contribution in [2.75, 3.05) is 13.1 Å². The number of carbonyl (C=O) groups excluding carboxylic acids is 2. The summed E-state index contributed by atoms with van der Waals surface area (Å²) in [6.45, 7) is 0.935. The minimum atomic E-state index is -1.85. The average molecular weight is 479 g/mol. The van der Waals surface area contributed by atoms with Crippen LogP contribution >= 0.6 is 0 Å². The van der Waals surface area contributed by atoms with E-state index in [0.717, 1.165) is 12.2 Å². The molecule has 5 rings (SSSR count). The molecular formula is C26H25NO8. The lowest BCUT2D eigenvalue weighted by Gasteiger charge is -2.54. The van der Waals surface area contributed by atoms with E-state index in [9.17, 15) is 39.9 Å². The average Bonchev–Trinajstić information content (AvgIpc) is 2.84. The number of hydrogen-bond donors (Lipinski definition) is 5. The van der Waals surface area contributed by atoms with Crippen molar-refractivity contribution in [2.45, 2.75) is 18.9 Å². The number of piperidine rings is 3. The number of phenols is 4. The molecule has 5 N–H and O–H groups in total. The van der Waals surface area contributed by atoms with Gasteiger partial charge in [-0.15, -0.1) is 0 Å². The topological polar surface area (TPSA) is 156 Å². The Bertz CT molecular complexity index is 1170. The Morgan fingerprint density at radius 2 is 1.23 bits per heavy atom. The highest BCUT2D eigenvalue weighted by molar-refractivity contribution is 6.20. The van der Waals surface area contributed by atoms with E-state index in [1.54, 1.807) is 4.90 Å². The summed E-state index contributed by atoms with van der Waals surface area (Å²) in [6.07, 6.45) is 6.03. The van der Waals surface area contributed by atoms with Crippen LogP contribution in [0.1, 0.15) is 24.0 Å². The molecule has 0 saturated carbocycles. The second-order valence-corrected chi connectivity index (χ2v) is 8.81. The Hall–Kier alpha value is -4.11. The Morgan fingerprint density at radius 3 is 1.63 bits per heavy atom. The summed E-state index contributed by atoms with van der Waals surface area (Å²) < 4.78 is 0. The summed E-state index contributed by atoms with van der Waals surface area (Å²) in [5.41, 5.74) is -1.08. The van der Waals surface area contributed by atoms with E-state index in [4.69, 9.17) is 0 Å². The van der Waals surface area contributed by atoms with Crippen LogP contribution in [0.5, 0.6) is 23.0 Å². The van der Waals surface area contributed by atoms with Gasteiger partial charge in [0.25, 0.3) is 0 Å². The number of fused-ring (bicyclic) bond motifs is 3. The van der Waals surface area contributed by atoms with Crippen molar-refractivity contribution in [3.05, 3.63) is 59.7 Å². The highest BCUT2D eigenvalue weighted by Crippen LogP contribution is 2.49. The highest BCUT2D eigenvalue weighted by atomic mass is 16.4. The Labute approximate surface area is 200 Å². The zero-order chi connectivity index (χ0) is 25.3. The molecule has 0 spiro atoms. The lowest BCUT2D eigenvalue weighted by atomic mass is 9.57. The molecule has 0 aliphatic carbocycles. The number of hydrogen-bond acceptors (Lipinski definition) is 8.